The van der Waals surface area contributed by atoms with Crippen LogP contribution >= 0.6 is 0 Å². The molecule has 0 bridgehead atoms. The minimum absolute atomic E-state index is 0.707. The van der Waals surface area contributed by atoms with Gasteiger partial charge in [0.1, 0.15) is 0 Å². The van der Waals surface area contributed by atoms with Crippen molar-refractivity contribution in [1.29, 1.82) is 0 Å². The second kappa shape index (κ2) is 6.72. The highest BCUT2D eigenvalue weighted by atomic mass is 15.3. The van der Waals surface area contributed by atoms with Gasteiger partial charge in [0.25, 0.3) is 0 Å². The standard InChI is InChI=1S/C21H29N3/c1-3-8-16-9-7-12-19-20(16)22-13-17-14-23(4-2)15-24(21(17)19)18-10-5-6-11-18/h7,9,12-13,18H,3-6,8,10-11,14-15H2,1-2H3. The summed E-state index contributed by atoms with van der Waals surface area (Å²) in [5, 5.41) is 1.38. The topological polar surface area (TPSA) is 19.4 Å². The van der Waals surface area contributed by atoms with Crippen molar-refractivity contribution in [3.8, 4) is 0 Å². The van der Waals surface area contributed by atoms with E-state index in [0.717, 1.165) is 26.2 Å². The van der Waals surface area contributed by atoms with Gasteiger partial charge in [0, 0.05) is 29.7 Å². The third-order valence-corrected chi connectivity index (χ3v) is 5.79. The smallest absolute Gasteiger partial charge is 0.0754 e. The Labute approximate surface area is 145 Å². The second-order valence-corrected chi connectivity index (χ2v) is 7.39. The number of para-hydroxylation sites is 1. The molecule has 2 aliphatic rings. The van der Waals surface area contributed by atoms with Crippen LogP contribution in [0.2, 0.25) is 0 Å². The van der Waals surface area contributed by atoms with E-state index in [9.17, 15) is 0 Å². The number of rotatable bonds is 4. The van der Waals surface area contributed by atoms with Gasteiger partial charge in [-0.3, -0.25) is 9.88 Å². The minimum atomic E-state index is 0.707. The summed E-state index contributed by atoms with van der Waals surface area (Å²) in [7, 11) is 0. The molecule has 0 saturated heterocycles. The van der Waals surface area contributed by atoms with Crippen LogP contribution in [0, 0.1) is 0 Å². The summed E-state index contributed by atoms with van der Waals surface area (Å²) in [6.07, 6.45) is 9.90. The Morgan fingerprint density at radius 2 is 2.00 bits per heavy atom. The number of anilines is 1. The molecular formula is C21H29N3. The van der Waals surface area contributed by atoms with E-state index >= 15 is 0 Å². The van der Waals surface area contributed by atoms with Crippen molar-refractivity contribution < 1.29 is 0 Å². The number of aryl methyl sites for hydroxylation is 1. The first-order valence-electron chi connectivity index (χ1n) is 9.70. The lowest BCUT2D eigenvalue weighted by atomic mass is 9.99. The van der Waals surface area contributed by atoms with Crippen LogP contribution in [0.3, 0.4) is 0 Å². The van der Waals surface area contributed by atoms with Crippen molar-refractivity contribution in [2.24, 2.45) is 0 Å². The van der Waals surface area contributed by atoms with Gasteiger partial charge in [0.15, 0.2) is 0 Å². The number of hydrogen-bond donors (Lipinski definition) is 0. The Morgan fingerprint density at radius 3 is 2.75 bits per heavy atom. The molecule has 2 heterocycles. The number of aromatic nitrogens is 1. The quantitative estimate of drug-likeness (QED) is 0.811. The molecule has 3 nitrogen and oxygen atoms in total. The molecule has 1 saturated carbocycles. The van der Waals surface area contributed by atoms with Crippen molar-refractivity contribution >= 4 is 16.6 Å². The zero-order valence-corrected chi connectivity index (χ0v) is 15.1. The van der Waals surface area contributed by atoms with Crippen molar-refractivity contribution in [2.45, 2.75) is 65.0 Å². The molecule has 0 unspecified atom stereocenters. The highest BCUT2D eigenvalue weighted by Gasteiger charge is 2.31. The zero-order chi connectivity index (χ0) is 16.5. The van der Waals surface area contributed by atoms with Gasteiger partial charge in [0.05, 0.1) is 17.9 Å². The Hall–Kier alpha value is -1.61. The molecule has 3 heteroatoms. The summed E-state index contributed by atoms with van der Waals surface area (Å²) in [4.78, 5) is 10.1. The van der Waals surface area contributed by atoms with E-state index in [-0.39, 0.29) is 0 Å². The average Bonchev–Trinajstić information content (AvgIpc) is 3.15. The molecule has 1 aromatic carbocycles. The van der Waals surface area contributed by atoms with E-state index in [0.29, 0.717) is 6.04 Å². The van der Waals surface area contributed by atoms with E-state index in [4.69, 9.17) is 4.98 Å². The predicted molar refractivity (Wildman–Crippen MR) is 101 cm³/mol. The van der Waals surface area contributed by atoms with Gasteiger partial charge in [-0.1, -0.05) is 51.3 Å². The van der Waals surface area contributed by atoms with Crippen LogP contribution in [0.4, 0.5) is 5.69 Å². The number of nitrogens with zero attached hydrogens (tertiary/aromatic N) is 3. The van der Waals surface area contributed by atoms with Gasteiger partial charge in [-0.2, -0.15) is 0 Å². The molecule has 0 radical (unpaired) electrons. The predicted octanol–water partition coefficient (Wildman–Crippen LogP) is 4.73. The van der Waals surface area contributed by atoms with Crippen LogP contribution in [-0.4, -0.2) is 29.1 Å². The summed E-state index contributed by atoms with van der Waals surface area (Å²) >= 11 is 0. The molecule has 0 N–H and O–H groups in total. The van der Waals surface area contributed by atoms with E-state index in [1.54, 1.807) is 0 Å². The Kier molecular flexibility index (Phi) is 4.45. The minimum Gasteiger partial charge on any atom is -0.355 e. The molecule has 0 spiro atoms. The van der Waals surface area contributed by atoms with Gasteiger partial charge in [0.2, 0.25) is 0 Å². The SMILES string of the molecule is CCCc1cccc2c3c(cnc12)CN(CC)CN3C1CCCC1. The summed E-state index contributed by atoms with van der Waals surface area (Å²) < 4.78 is 0. The fourth-order valence-electron chi connectivity index (χ4n) is 4.54. The van der Waals surface area contributed by atoms with E-state index in [1.807, 2.05) is 0 Å². The van der Waals surface area contributed by atoms with Gasteiger partial charge in [-0.05, 0) is 31.4 Å². The van der Waals surface area contributed by atoms with Crippen molar-refractivity contribution in [2.75, 3.05) is 18.1 Å². The van der Waals surface area contributed by atoms with E-state index < -0.39 is 0 Å². The normalized spacial score (nSPS) is 19.2. The maximum atomic E-state index is 4.89. The lowest BCUT2D eigenvalue weighted by molar-refractivity contribution is 0.255. The summed E-state index contributed by atoms with van der Waals surface area (Å²) in [5.41, 5.74) is 5.53. The van der Waals surface area contributed by atoms with Crippen LogP contribution in [-0.2, 0) is 13.0 Å². The molecule has 1 aromatic heterocycles. The van der Waals surface area contributed by atoms with E-state index in [2.05, 4.69) is 48.0 Å². The summed E-state index contributed by atoms with van der Waals surface area (Å²) in [6.45, 7) is 7.74. The highest BCUT2D eigenvalue weighted by molar-refractivity contribution is 5.95. The fraction of sp³-hybridized carbons (Fsp3) is 0.571. The van der Waals surface area contributed by atoms with Crippen molar-refractivity contribution in [3.63, 3.8) is 0 Å². The Morgan fingerprint density at radius 1 is 1.17 bits per heavy atom. The number of benzene rings is 1. The van der Waals surface area contributed by atoms with Crippen molar-refractivity contribution in [3.05, 3.63) is 35.5 Å². The molecule has 128 valence electrons. The van der Waals surface area contributed by atoms with Gasteiger partial charge < -0.3 is 4.90 Å². The third-order valence-electron chi connectivity index (χ3n) is 5.79. The molecule has 1 fully saturated rings. The fourth-order valence-corrected chi connectivity index (χ4v) is 4.54. The summed E-state index contributed by atoms with van der Waals surface area (Å²) in [5.74, 6) is 0. The molecule has 24 heavy (non-hydrogen) atoms. The maximum Gasteiger partial charge on any atom is 0.0754 e. The first-order valence-corrected chi connectivity index (χ1v) is 9.70. The average molecular weight is 323 g/mol. The number of hydrogen-bond acceptors (Lipinski definition) is 3. The van der Waals surface area contributed by atoms with Crippen LogP contribution in [0.15, 0.2) is 24.4 Å². The van der Waals surface area contributed by atoms with Crippen LogP contribution < -0.4 is 4.90 Å². The van der Waals surface area contributed by atoms with Crippen LogP contribution in [0.5, 0.6) is 0 Å². The monoisotopic (exact) mass is 323 g/mol. The van der Waals surface area contributed by atoms with Gasteiger partial charge in [-0.15, -0.1) is 0 Å². The molecule has 4 rings (SSSR count). The molecule has 1 aliphatic carbocycles. The van der Waals surface area contributed by atoms with Crippen LogP contribution in [0.1, 0.15) is 57.1 Å². The zero-order valence-electron chi connectivity index (χ0n) is 15.1. The maximum absolute atomic E-state index is 4.89. The molecule has 2 aromatic rings. The molecule has 0 atom stereocenters. The second-order valence-electron chi connectivity index (χ2n) is 7.39. The lowest BCUT2D eigenvalue weighted by Gasteiger charge is -2.42. The number of fused-ring (bicyclic) bond motifs is 3. The van der Waals surface area contributed by atoms with Crippen molar-refractivity contribution in [1.82, 2.24) is 9.88 Å². The van der Waals surface area contributed by atoms with Gasteiger partial charge >= 0.3 is 0 Å². The third kappa shape index (κ3) is 2.69. The molecule has 0 amide bonds. The Balaban J connectivity index is 1.86. The van der Waals surface area contributed by atoms with E-state index in [1.165, 1.54) is 59.8 Å². The summed E-state index contributed by atoms with van der Waals surface area (Å²) in [6, 6.07) is 7.49. The largest absolute Gasteiger partial charge is 0.355 e. The molecule has 1 aliphatic heterocycles. The lowest BCUT2D eigenvalue weighted by Crippen LogP contribution is -2.46. The highest BCUT2D eigenvalue weighted by Crippen LogP contribution is 2.39. The molecular weight excluding hydrogens is 294 g/mol. The first kappa shape index (κ1) is 15.9. The first-order chi connectivity index (χ1) is 11.8. The number of pyridine rings is 1. The Bertz CT molecular complexity index is 718. The van der Waals surface area contributed by atoms with Crippen LogP contribution in [0.25, 0.3) is 10.9 Å². The van der Waals surface area contributed by atoms with Gasteiger partial charge in [-0.25, -0.2) is 0 Å².